The molecule has 0 aromatic heterocycles. The number of hydrogen-bond donors (Lipinski definition) is 0. The highest BCUT2D eigenvalue weighted by atomic mass is 32.2. The molecular weight excluding hydrogens is 370 g/mol. The Balaban J connectivity index is 1.49. The molecule has 148 valence electrons. The van der Waals surface area contributed by atoms with Crippen LogP contribution >= 0.6 is 0 Å². The van der Waals surface area contributed by atoms with Crippen molar-refractivity contribution in [1.29, 1.82) is 5.26 Å². The summed E-state index contributed by atoms with van der Waals surface area (Å²) in [7, 11) is -3.56. The van der Waals surface area contributed by atoms with Gasteiger partial charge in [0, 0.05) is 19.1 Å². The van der Waals surface area contributed by atoms with E-state index in [0.717, 1.165) is 32.4 Å². The standard InChI is InChI=1S/C22H27N3O2S/c23-14-16-6-8-20(9-7-16)28(26,27)25-11-3-4-17-12-18-13-19(22(17)25)15-24-10-2-1-5-21(18)24/h6-9,12,18-19,21-22H,1-5,10-11,13,15H2/t18-,19+,21+,22+/m0/s1. The number of piperidine rings is 3. The lowest BCUT2D eigenvalue weighted by atomic mass is 9.68. The Morgan fingerprint density at radius 2 is 1.89 bits per heavy atom. The van der Waals surface area contributed by atoms with Gasteiger partial charge < -0.3 is 0 Å². The topological polar surface area (TPSA) is 64.4 Å². The van der Waals surface area contributed by atoms with Crippen LogP contribution in [-0.4, -0.2) is 49.3 Å². The first-order valence-electron chi connectivity index (χ1n) is 10.5. The van der Waals surface area contributed by atoms with Crippen LogP contribution in [0.4, 0.5) is 0 Å². The summed E-state index contributed by atoms with van der Waals surface area (Å²) >= 11 is 0. The third kappa shape index (κ3) is 2.92. The molecule has 3 aliphatic heterocycles. The van der Waals surface area contributed by atoms with Crippen molar-refractivity contribution < 1.29 is 8.42 Å². The van der Waals surface area contributed by atoms with Crippen LogP contribution in [0, 0.1) is 23.2 Å². The summed E-state index contributed by atoms with van der Waals surface area (Å²) in [6.07, 6.45) is 9.38. The van der Waals surface area contributed by atoms with Crippen LogP contribution in [0.3, 0.4) is 0 Å². The summed E-state index contributed by atoms with van der Waals surface area (Å²) in [5, 5.41) is 9.00. The summed E-state index contributed by atoms with van der Waals surface area (Å²) in [5.41, 5.74) is 1.84. The van der Waals surface area contributed by atoms with E-state index in [4.69, 9.17) is 5.26 Å². The van der Waals surface area contributed by atoms with Gasteiger partial charge in [0.15, 0.2) is 0 Å². The number of sulfonamides is 1. The maximum Gasteiger partial charge on any atom is 0.243 e. The largest absolute Gasteiger partial charge is 0.299 e. The van der Waals surface area contributed by atoms with Gasteiger partial charge in [0.2, 0.25) is 10.0 Å². The van der Waals surface area contributed by atoms with Gasteiger partial charge in [0.1, 0.15) is 0 Å². The van der Waals surface area contributed by atoms with Gasteiger partial charge in [-0.2, -0.15) is 9.57 Å². The van der Waals surface area contributed by atoms with Gasteiger partial charge >= 0.3 is 0 Å². The van der Waals surface area contributed by atoms with Gasteiger partial charge in [-0.05, 0) is 74.8 Å². The Hall–Kier alpha value is -1.68. The lowest BCUT2D eigenvalue weighted by Gasteiger charge is -2.54. The highest BCUT2D eigenvalue weighted by Gasteiger charge is 2.48. The quantitative estimate of drug-likeness (QED) is 0.719. The molecule has 1 aromatic rings. The van der Waals surface area contributed by atoms with E-state index in [0.29, 0.717) is 34.9 Å². The normalized spacial score (nSPS) is 33.3. The fourth-order valence-electron chi connectivity index (χ4n) is 6.03. The first-order valence-corrected chi connectivity index (χ1v) is 12.0. The van der Waals surface area contributed by atoms with Crippen LogP contribution in [0.15, 0.2) is 40.8 Å². The van der Waals surface area contributed by atoms with E-state index in [9.17, 15) is 8.42 Å². The second-order valence-electron chi connectivity index (χ2n) is 8.76. The van der Waals surface area contributed by atoms with Gasteiger partial charge in [-0.3, -0.25) is 4.90 Å². The van der Waals surface area contributed by atoms with E-state index in [1.54, 1.807) is 28.6 Å². The Bertz CT molecular complexity index is 932. The zero-order chi connectivity index (χ0) is 19.3. The van der Waals surface area contributed by atoms with Crippen LogP contribution in [-0.2, 0) is 10.0 Å². The van der Waals surface area contributed by atoms with E-state index in [2.05, 4.69) is 17.0 Å². The van der Waals surface area contributed by atoms with Crippen LogP contribution in [0.5, 0.6) is 0 Å². The highest BCUT2D eigenvalue weighted by molar-refractivity contribution is 7.89. The van der Waals surface area contributed by atoms with Crippen molar-refractivity contribution in [2.24, 2.45) is 11.8 Å². The van der Waals surface area contributed by atoms with Gasteiger partial charge in [0.25, 0.3) is 0 Å². The summed E-state index contributed by atoms with van der Waals surface area (Å²) in [4.78, 5) is 2.94. The molecule has 0 spiro atoms. The summed E-state index contributed by atoms with van der Waals surface area (Å²) < 4.78 is 28.7. The monoisotopic (exact) mass is 397 g/mol. The zero-order valence-electron chi connectivity index (χ0n) is 16.1. The predicted molar refractivity (Wildman–Crippen MR) is 107 cm³/mol. The van der Waals surface area contributed by atoms with E-state index in [1.165, 1.54) is 24.8 Å². The summed E-state index contributed by atoms with van der Waals surface area (Å²) in [6, 6.07) is 9.11. The van der Waals surface area contributed by atoms with Crippen molar-refractivity contribution in [3.8, 4) is 6.07 Å². The van der Waals surface area contributed by atoms with E-state index >= 15 is 0 Å². The molecule has 3 fully saturated rings. The number of benzene rings is 1. The minimum atomic E-state index is -3.56. The van der Waals surface area contributed by atoms with Crippen molar-refractivity contribution in [3.63, 3.8) is 0 Å². The molecule has 0 unspecified atom stereocenters. The van der Waals surface area contributed by atoms with Gasteiger partial charge in [-0.1, -0.05) is 18.1 Å². The van der Waals surface area contributed by atoms with Crippen molar-refractivity contribution >= 4 is 10.0 Å². The molecule has 5 rings (SSSR count). The summed E-state index contributed by atoms with van der Waals surface area (Å²) in [6.45, 7) is 2.79. The summed E-state index contributed by atoms with van der Waals surface area (Å²) in [5.74, 6) is 0.996. The lowest BCUT2D eigenvalue weighted by molar-refractivity contribution is 0.0149. The minimum absolute atomic E-state index is 0.00789. The predicted octanol–water partition coefficient (Wildman–Crippen LogP) is 3.14. The number of nitriles is 1. The van der Waals surface area contributed by atoms with Crippen LogP contribution in [0.2, 0.25) is 0 Å². The van der Waals surface area contributed by atoms with Crippen molar-refractivity contribution in [2.75, 3.05) is 19.6 Å². The van der Waals surface area contributed by atoms with Crippen LogP contribution in [0.25, 0.3) is 0 Å². The molecule has 0 saturated carbocycles. The molecule has 0 amide bonds. The Labute approximate surface area is 167 Å². The Morgan fingerprint density at radius 3 is 2.68 bits per heavy atom. The molecule has 3 saturated heterocycles. The maximum atomic E-state index is 13.5. The second kappa shape index (κ2) is 6.98. The van der Waals surface area contributed by atoms with Gasteiger partial charge in [-0.25, -0.2) is 8.42 Å². The first-order chi connectivity index (χ1) is 13.6. The number of rotatable bonds is 2. The fraction of sp³-hybridized carbons (Fsp3) is 0.591. The van der Waals surface area contributed by atoms with E-state index in [1.807, 2.05) is 0 Å². The van der Waals surface area contributed by atoms with E-state index < -0.39 is 10.0 Å². The number of fused-ring (bicyclic) bond motifs is 6. The maximum absolute atomic E-state index is 13.5. The average Bonchev–Trinajstić information content (AvgIpc) is 2.73. The fourth-order valence-corrected chi connectivity index (χ4v) is 7.76. The van der Waals surface area contributed by atoms with Crippen molar-refractivity contribution in [2.45, 2.75) is 55.5 Å². The molecule has 28 heavy (non-hydrogen) atoms. The smallest absolute Gasteiger partial charge is 0.243 e. The molecule has 6 heteroatoms. The molecule has 1 aromatic carbocycles. The molecule has 3 heterocycles. The third-order valence-corrected chi connectivity index (χ3v) is 9.10. The molecule has 4 atom stereocenters. The zero-order valence-corrected chi connectivity index (χ0v) is 16.9. The van der Waals surface area contributed by atoms with Crippen molar-refractivity contribution in [3.05, 3.63) is 41.5 Å². The number of hydrogen-bond acceptors (Lipinski definition) is 4. The minimum Gasteiger partial charge on any atom is -0.299 e. The second-order valence-corrected chi connectivity index (χ2v) is 10.7. The van der Waals surface area contributed by atoms with Gasteiger partial charge in [-0.15, -0.1) is 0 Å². The molecule has 1 aliphatic carbocycles. The van der Waals surface area contributed by atoms with Gasteiger partial charge in [0.05, 0.1) is 22.6 Å². The third-order valence-electron chi connectivity index (χ3n) is 7.20. The first kappa shape index (κ1) is 18.4. The SMILES string of the molecule is N#Cc1ccc(S(=O)(=O)N2CCCC3=C[C@H]4C[C@H](CN5CCCC[C@H]45)[C@@H]32)cc1. The molecule has 0 N–H and O–H groups in total. The van der Waals surface area contributed by atoms with Crippen LogP contribution in [0.1, 0.15) is 44.1 Å². The molecule has 2 bridgehead atoms. The molecule has 4 aliphatic rings. The lowest BCUT2D eigenvalue weighted by Crippen LogP contribution is -2.59. The molecule has 0 radical (unpaired) electrons. The molecule has 5 nitrogen and oxygen atoms in total. The molecular formula is C22H27N3O2S. The van der Waals surface area contributed by atoms with Crippen LogP contribution < -0.4 is 0 Å². The van der Waals surface area contributed by atoms with Crippen molar-refractivity contribution in [1.82, 2.24) is 9.21 Å². The van der Waals surface area contributed by atoms with E-state index in [-0.39, 0.29) is 6.04 Å². The highest BCUT2D eigenvalue weighted by Crippen LogP contribution is 2.46. The number of nitrogens with zero attached hydrogens (tertiary/aromatic N) is 3. The Kier molecular flexibility index (Phi) is 4.58. The average molecular weight is 398 g/mol. The Morgan fingerprint density at radius 1 is 1.07 bits per heavy atom.